The molecule has 18 heavy (non-hydrogen) atoms. The van der Waals surface area contributed by atoms with Crippen molar-refractivity contribution in [2.24, 2.45) is 0 Å². The second-order valence-corrected chi connectivity index (χ2v) is 4.75. The van der Waals surface area contributed by atoms with Gasteiger partial charge in [0.05, 0.1) is 0 Å². The molecule has 0 saturated heterocycles. The van der Waals surface area contributed by atoms with Gasteiger partial charge in [0.1, 0.15) is 11.6 Å². The number of anilines is 1. The predicted octanol–water partition coefficient (Wildman–Crippen LogP) is 3.52. The van der Waals surface area contributed by atoms with E-state index < -0.39 is 0 Å². The van der Waals surface area contributed by atoms with Gasteiger partial charge in [-0.05, 0) is 12.5 Å². The summed E-state index contributed by atoms with van der Waals surface area (Å²) in [6.07, 6.45) is 0. The minimum Gasteiger partial charge on any atom is -0.366 e. The lowest BCUT2D eigenvalue weighted by Crippen LogP contribution is -2.06. The number of aromatic nitrogens is 2. The number of aryl methyl sites for hydroxylation is 1. The van der Waals surface area contributed by atoms with Gasteiger partial charge in [0.15, 0.2) is 0 Å². The number of benzene rings is 1. The first kappa shape index (κ1) is 12.6. The van der Waals surface area contributed by atoms with Crippen LogP contribution in [0.2, 0.25) is 0 Å². The first-order valence-corrected chi connectivity index (χ1v) is 6.28. The Morgan fingerprint density at radius 2 is 1.83 bits per heavy atom. The summed E-state index contributed by atoms with van der Waals surface area (Å²) < 4.78 is 0. The number of hydrogen-bond acceptors (Lipinski definition) is 3. The molecule has 0 unspecified atom stereocenters. The molecule has 0 atom stereocenters. The minimum absolute atomic E-state index is 0.349. The first-order valence-electron chi connectivity index (χ1n) is 6.28. The molecule has 0 bridgehead atoms. The smallest absolute Gasteiger partial charge is 0.133 e. The van der Waals surface area contributed by atoms with Gasteiger partial charge < -0.3 is 5.32 Å². The lowest BCUT2D eigenvalue weighted by Gasteiger charge is -2.10. The quantitative estimate of drug-likeness (QED) is 0.890. The molecule has 1 aromatic carbocycles. The molecule has 0 aliphatic carbocycles. The third kappa shape index (κ3) is 3.29. The summed E-state index contributed by atoms with van der Waals surface area (Å²) in [5.41, 5.74) is 2.25. The zero-order valence-corrected chi connectivity index (χ0v) is 11.1. The van der Waals surface area contributed by atoms with E-state index in [0.29, 0.717) is 5.92 Å². The van der Waals surface area contributed by atoms with Crippen LogP contribution in [0.1, 0.15) is 36.8 Å². The molecule has 1 aromatic heterocycles. The van der Waals surface area contributed by atoms with E-state index in [2.05, 4.69) is 41.3 Å². The standard InChI is InChI=1S/C15H19N3/c1-11(2)15-17-12(3)9-14(18-15)16-10-13-7-5-4-6-8-13/h4-9,11H,10H2,1-3H3,(H,16,17,18). The van der Waals surface area contributed by atoms with E-state index in [-0.39, 0.29) is 0 Å². The zero-order valence-electron chi connectivity index (χ0n) is 11.1. The average Bonchev–Trinajstić information content (AvgIpc) is 2.37. The third-order valence-electron chi connectivity index (χ3n) is 2.70. The fraction of sp³-hybridized carbons (Fsp3) is 0.333. The van der Waals surface area contributed by atoms with Crippen molar-refractivity contribution in [3.05, 3.63) is 53.5 Å². The summed E-state index contributed by atoms with van der Waals surface area (Å²) in [5.74, 6) is 2.14. The molecule has 1 heterocycles. The van der Waals surface area contributed by atoms with Crippen LogP contribution in [0.5, 0.6) is 0 Å². The maximum atomic E-state index is 4.53. The maximum Gasteiger partial charge on any atom is 0.133 e. The van der Waals surface area contributed by atoms with Gasteiger partial charge in [0, 0.05) is 24.2 Å². The zero-order chi connectivity index (χ0) is 13.0. The number of hydrogen-bond donors (Lipinski definition) is 1. The molecule has 0 aliphatic rings. The summed E-state index contributed by atoms with van der Waals surface area (Å²) in [6, 6.07) is 12.3. The Balaban J connectivity index is 2.10. The molecule has 2 aromatic rings. The van der Waals surface area contributed by atoms with Crippen LogP contribution < -0.4 is 5.32 Å². The van der Waals surface area contributed by atoms with Gasteiger partial charge in [-0.3, -0.25) is 0 Å². The van der Waals surface area contributed by atoms with Crippen molar-refractivity contribution < 1.29 is 0 Å². The molecule has 3 heteroatoms. The summed E-state index contributed by atoms with van der Waals surface area (Å²) in [7, 11) is 0. The van der Waals surface area contributed by atoms with Crippen molar-refractivity contribution in [1.29, 1.82) is 0 Å². The summed E-state index contributed by atoms with van der Waals surface area (Å²) >= 11 is 0. The van der Waals surface area contributed by atoms with E-state index >= 15 is 0 Å². The number of rotatable bonds is 4. The van der Waals surface area contributed by atoms with Gasteiger partial charge in [-0.25, -0.2) is 9.97 Å². The van der Waals surface area contributed by atoms with Crippen LogP contribution >= 0.6 is 0 Å². The van der Waals surface area contributed by atoms with Crippen molar-refractivity contribution in [3.8, 4) is 0 Å². The highest BCUT2D eigenvalue weighted by Gasteiger charge is 2.05. The second-order valence-electron chi connectivity index (χ2n) is 4.75. The van der Waals surface area contributed by atoms with Crippen LogP contribution in [0.4, 0.5) is 5.82 Å². The van der Waals surface area contributed by atoms with Crippen LogP contribution in [0.25, 0.3) is 0 Å². The van der Waals surface area contributed by atoms with E-state index in [1.807, 2.05) is 31.2 Å². The molecular weight excluding hydrogens is 222 g/mol. The summed E-state index contributed by atoms with van der Waals surface area (Å²) in [6.45, 7) is 7.00. The van der Waals surface area contributed by atoms with Crippen molar-refractivity contribution in [3.63, 3.8) is 0 Å². The molecule has 94 valence electrons. The molecule has 0 amide bonds. The molecule has 0 spiro atoms. The number of nitrogens with zero attached hydrogens (tertiary/aromatic N) is 2. The Hall–Kier alpha value is -1.90. The van der Waals surface area contributed by atoms with E-state index in [4.69, 9.17) is 0 Å². The monoisotopic (exact) mass is 241 g/mol. The number of nitrogens with one attached hydrogen (secondary N) is 1. The Morgan fingerprint density at radius 3 is 2.50 bits per heavy atom. The van der Waals surface area contributed by atoms with Crippen LogP contribution in [0.3, 0.4) is 0 Å². The summed E-state index contributed by atoms with van der Waals surface area (Å²) in [4.78, 5) is 8.96. The molecule has 0 fully saturated rings. The Labute approximate surface area is 108 Å². The predicted molar refractivity (Wildman–Crippen MR) is 74.6 cm³/mol. The van der Waals surface area contributed by atoms with Crippen LogP contribution in [-0.4, -0.2) is 9.97 Å². The van der Waals surface area contributed by atoms with Gasteiger partial charge in [-0.2, -0.15) is 0 Å². The Morgan fingerprint density at radius 1 is 1.11 bits per heavy atom. The summed E-state index contributed by atoms with van der Waals surface area (Å²) in [5, 5.41) is 3.35. The van der Waals surface area contributed by atoms with Crippen molar-refractivity contribution in [1.82, 2.24) is 9.97 Å². The van der Waals surface area contributed by atoms with E-state index in [9.17, 15) is 0 Å². The lowest BCUT2D eigenvalue weighted by molar-refractivity contribution is 0.766. The maximum absolute atomic E-state index is 4.53. The van der Waals surface area contributed by atoms with Gasteiger partial charge in [0.25, 0.3) is 0 Å². The SMILES string of the molecule is Cc1cc(NCc2ccccc2)nc(C(C)C)n1. The third-order valence-corrected chi connectivity index (χ3v) is 2.70. The van der Waals surface area contributed by atoms with Crippen LogP contribution in [-0.2, 0) is 6.54 Å². The largest absolute Gasteiger partial charge is 0.366 e. The second kappa shape index (κ2) is 5.63. The van der Waals surface area contributed by atoms with E-state index in [1.54, 1.807) is 0 Å². The fourth-order valence-corrected chi connectivity index (χ4v) is 1.73. The molecule has 1 N–H and O–H groups in total. The van der Waals surface area contributed by atoms with Crippen LogP contribution in [0.15, 0.2) is 36.4 Å². The van der Waals surface area contributed by atoms with Gasteiger partial charge in [-0.1, -0.05) is 44.2 Å². The van der Waals surface area contributed by atoms with Crippen molar-refractivity contribution in [2.75, 3.05) is 5.32 Å². The van der Waals surface area contributed by atoms with Crippen LogP contribution in [0, 0.1) is 6.92 Å². The van der Waals surface area contributed by atoms with Crippen molar-refractivity contribution >= 4 is 5.82 Å². The Kier molecular flexibility index (Phi) is 3.92. The Bertz CT molecular complexity index is 506. The van der Waals surface area contributed by atoms with Crippen molar-refractivity contribution in [2.45, 2.75) is 33.2 Å². The van der Waals surface area contributed by atoms with Gasteiger partial charge >= 0.3 is 0 Å². The highest BCUT2D eigenvalue weighted by molar-refractivity contribution is 5.37. The topological polar surface area (TPSA) is 37.8 Å². The average molecular weight is 241 g/mol. The van der Waals surface area contributed by atoms with E-state index in [0.717, 1.165) is 23.9 Å². The van der Waals surface area contributed by atoms with Gasteiger partial charge in [-0.15, -0.1) is 0 Å². The van der Waals surface area contributed by atoms with Gasteiger partial charge in [0.2, 0.25) is 0 Å². The lowest BCUT2D eigenvalue weighted by atomic mass is 10.2. The molecule has 3 nitrogen and oxygen atoms in total. The molecule has 0 radical (unpaired) electrons. The molecule has 0 saturated carbocycles. The fourth-order valence-electron chi connectivity index (χ4n) is 1.73. The molecule has 0 aliphatic heterocycles. The molecular formula is C15H19N3. The highest BCUT2D eigenvalue weighted by atomic mass is 15.0. The molecule has 2 rings (SSSR count). The first-order chi connectivity index (χ1) is 8.65. The minimum atomic E-state index is 0.349. The highest BCUT2D eigenvalue weighted by Crippen LogP contribution is 2.14. The van der Waals surface area contributed by atoms with E-state index in [1.165, 1.54) is 5.56 Å². The normalized spacial score (nSPS) is 10.7.